The highest BCUT2D eigenvalue weighted by atomic mass is 79.9. The van der Waals surface area contributed by atoms with Crippen LogP contribution in [0.3, 0.4) is 0 Å². The third kappa shape index (κ3) is 2.81. The zero-order chi connectivity index (χ0) is 12.4. The first-order chi connectivity index (χ1) is 8.08. The van der Waals surface area contributed by atoms with E-state index in [0.717, 1.165) is 11.5 Å². The summed E-state index contributed by atoms with van der Waals surface area (Å²) in [5.41, 5.74) is 2.59. The Morgan fingerprint density at radius 3 is 2.00 bits per heavy atom. The van der Waals surface area contributed by atoms with Gasteiger partial charge in [0.05, 0.1) is 4.83 Å². The van der Waals surface area contributed by atoms with Crippen LogP contribution in [0.5, 0.6) is 0 Å². The van der Waals surface area contributed by atoms with Crippen molar-refractivity contribution in [2.45, 2.75) is 31.5 Å². The summed E-state index contributed by atoms with van der Waals surface area (Å²) in [4.78, 5) is 0.136. The summed E-state index contributed by atoms with van der Waals surface area (Å²) in [6.07, 6.45) is 0. The van der Waals surface area contributed by atoms with E-state index in [1.165, 1.54) is 11.1 Å². The molecular formula is C15H17BrO. The Bertz CT molecular complexity index is 482. The van der Waals surface area contributed by atoms with Crippen LogP contribution in [0.4, 0.5) is 0 Å². The number of furan rings is 1. The Morgan fingerprint density at radius 2 is 1.53 bits per heavy atom. The van der Waals surface area contributed by atoms with Gasteiger partial charge in [0.15, 0.2) is 0 Å². The van der Waals surface area contributed by atoms with E-state index in [1.54, 1.807) is 0 Å². The summed E-state index contributed by atoms with van der Waals surface area (Å²) >= 11 is 3.68. The first kappa shape index (κ1) is 12.4. The standard InChI is InChI=1S/C15H17BrO/c1-10(2)12-5-7-13(8-6-12)15(16)14-9-4-11(3)17-14/h4-10,15H,1-3H3. The van der Waals surface area contributed by atoms with E-state index in [2.05, 4.69) is 54.0 Å². The normalized spacial score (nSPS) is 13.0. The second-order valence-corrected chi connectivity index (χ2v) is 5.55. The van der Waals surface area contributed by atoms with Gasteiger partial charge in [-0.3, -0.25) is 0 Å². The Balaban J connectivity index is 2.22. The lowest BCUT2D eigenvalue weighted by Crippen LogP contribution is -1.92. The van der Waals surface area contributed by atoms with Gasteiger partial charge in [0, 0.05) is 0 Å². The Hall–Kier alpha value is -1.02. The molecular weight excluding hydrogens is 276 g/mol. The van der Waals surface area contributed by atoms with Gasteiger partial charge in [-0.15, -0.1) is 0 Å². The molecule has 0 spiro atoms. The molecule has 0 aliphatic heterocycles. The maximum absolute atomic E-state index is 5.63. The molecule has 1 heterocycles. The van der Waals surface area contributed by atoms with E-state index in [9.17, 15) is 0 Å². The van der Waals surface area contributed by atoms with Crippen LogP contribution in [0.25, 0.3) is 0 Å². The maximum Gasteiger partial charge on any atom is 0.122 e. The van der Waals surface area contributed by atoms with Crippen LogP contribution in [0, 0.1) is 6.92 Å². The van der Waals surface area contributed by atoms with Crippen LogP contribution >= 0.6 is 15.9 Å². The van der Waals surface area contributed by atoms with Crippen molar-refractivity contribution in [3.8, 4) is 0 Å². The van der Waals surface area contributed by atoms with Gasteiger partial charge in [-0.25, -0.2) is 0 Å². The fourth-order valence-electron chi connectivity index (χ4n) is 1.80. The number of benzene rings is 1. The molecule has 1 nitrogen and oxygen atoms in total. The molecule has 0 saturated heterocycles. The third-order valence-corrected chi connectivity index (χ3v) is 3.89. The molecule has 0 aliphatic carbocycles. The van der Waals surface area contributed by atoms with Crippen LogP contribution in [0.1, 0.15) is 47.2 Å². The van der Waals surface area contributed by atoms with Crippen LogP contribution in [0.2, 0.25) is 0 Å². The summed E-state index contributed by atoms with van der Waals surface area (Å²) in [5, 5.41) is 0. The van der Waals surface area contributed by atoms with Crippen molar-refractivity contribution < 1.29 is 4.42 Å². The van der Waals surface area contributed by atoms with Crippen molar-refractivity contribution in [1.82, 2.24) is 0 Å². The van der Waals surface area contributed by atoms with E-state index in [0.29, 0.717) is 5.92 Å². The topological polar surface area (TPSA) is 13.1 Å². The number of aryl methyl sites for hydroxylation is 1. The van der Waals surface area contributed by atoms with Gasteiger partial charge in [-0.1, -0.05) is 54.0 Å². The SMILES string of the molecule is Cc1ccc(C(Br)c2ccc(C(C)C)cc2)o1. The maximum atomic E-state index is 5.63. The molecule has 2 aromatic rings. The first-order valence-electron chi connectivity index (χ1n) is 5.88. The lowest BCUT2D eigenvalue weighted by molar-refractivity contribution is 0.492. The third-order valence-electron chi connectivity index (χ3n) is 2.91. The fourth-order valence-corrected chi connectivity index (χ4v) is 2.36. The quantitative estimate of drug-likeness (QED) is 0.709. The van der Waals surface area contributed by atoms with Crippen LogP contribution < -0.4 is 0 Å². The lowest BCUT2D eigenvalue weighted by atomic mass is 10.0. The van der Waals surface area contributed by atoms with Crippen molar-refractivity contribution in [2.24, 2.45) is 0 Å². The molecule has 1 aromatic carbocycles. The monoisotopic (exact) mass is 292 g/mol. The highest BCUT2D eigenvalue weighted by molar-refractivity contribution is 9.09. The van der Waals surface area contributed by atoms with Gasteiger partial charge in [0.2, 0.25) is 0 Å². The lowest BCUT2D eigenvalue weighted by Gasteiger charge is -2.10. The molecule has 0 fully saturated rings. The second kappa shape index (κ2) is 5.09. The van der Waals surface area contributed by atoms with Crippen LogP contribution in [-0.4, -0.2) is 0 Å². The molecule has 1 unspecified atom stereocenters. The van der Waals surface area contributed by atoms with Crippen molar-refractivity contribution in [2.75, 3.05) is 0 Å². The molecule has 1 aromatic heterocycles. The predicted octanol–water partition coefficient (Wildman–Crippen LogP) is 5.20. The average molecular weight is 293 g/mol. The number of hydrogen-bond donors (Lipinski definition) is 0. The molecule has 90 valence electrons. The molecule has 0 bridgehead atoms. The molecule has 0 aliphatic rings. The van der Waals surface area contributed by atoms with E-state index in [4.69, 9.17) is 4.42 Å². The van der Waals surface area contributed by atoms with Gasteiger partial charge >= 0.3 is 0 Å². The Morgan fingerprint density at radius 1 is 0.941 bits per heavy atom. The average Bonchev–Trinajstić information content (AvgIpc) is 2.75. The number of hydrogen-bond acceptors (Lipinski definition) is 1. The van der Waals surface area contributed by atoms with Crippen molar-refractivity contribution >= 4 is 15.9 Å². The summed E-state index contributed by atoms with van der Waals surface area (Å²) in [7, 11) is 0. The predicted molar refractivity (Wildman–Crippen MR) is 74.7 cm³/mol. The largest absolute Gasteiger partial charge is 0.465 e. The summed E-state index contributed by atoms with van der Waals surface area (Å²) < 4.78 is 5.63. The molecule has 2 heteroatoms. The van der Waals surface area contributed by atoms with Crippen molar-refractivity contribution in [1.29, 1.82) is 0 Å². The second-order valence-electron chi connectivity index (χ2n) is 4.63. The van der Waals surface area contributed by atoms with E-state index >= 15 is 0 Å². The first-order valence-corrected chi connectivity index (χ1v) is 6.79. The van der Waals surface area contributed by atoms with Crippen LogP contribution in [-0.2, 0) is 0 Å². The minimum Gasteiger partial charge on any atom is -0.465 e. The van der Waals surface area contributed by atoms with E-state index in [1.807, 2.05) is 19.1 Å². The minimum atomic E-state index is 0.136. The Labute approximate surface area is 111 Å². The van der Waals surface area contributed by atoms with Gasteiger partial charge in [0.25, 0.3) is 0 Å². The zero-order valence-electron chi connectivity index (χ0n) is 10.4. The van der Waals surface area contributed by atoms with E-state index in [-0.39, 0.29) is 4.83 Å². The number of halogens is 1. The molecule has 0 N–H and O–H groups in total. The molecule has 17 heavy (non-hydrogen) atoms. The summed E-state index contributed by atoms with van der Waals surface area (Å²) in [6.45, 7) is 6.37. The highest BCUT2D eigenvalue weighted by Crippen LogP contribution is 2.32. The van der Waals surface area contributed by atoms with Crippen molar-refractivity contribution in [3.63, 3.8) is 0 Å². The van der Waals surface area contributed by atoms with Gasteiger partial charge in [-0.2, -0.15) is 0 Å². The van der Waals surface area contributed by atoms with Crippen molar-refractivity contribution in [3.05, 3.63) is 59.0 Å². The minimum absolute atomic E-state index is 0.136. The number of rotatable bonds is 3. The fraction of sp³-hybridized carbons (Fsp3) is 0.333. The molecule has 2 rings (SSSR count). The van der Waals surface area contributed by atoms with E-state index < -0.39 is 0 Å². The van der Waals surface area contributed by atoms with Gasteiger partial charge in [0.1, 0.15) is 11.5 Å². The molecule has 0 amide bonds. The van der Waals surface area contributed by atoms with Crippen LogP contribution in [0.15, 0.2) is 40.8 Å². The van der Waals surface area contributed by atoms with Gasteiger partial charge < -0.3 is 4.42 Å². The smallest absolute Gasteiger partial charge is 0.122 e. The number of alkyl halides is 1. The zero-order valence-corrected chi connectivity index (χ0v) is 12.0. The highest BCUT2D eigenvalue weighted by Gasteiger charge is 2.13. The van der Waals surface area contributed by atoms with Gasteiger partial charge in [-0.05, 0) is 36.1 Å². The molecule has 0 radical (unpaired) electrons. The Kier molecular flexibility index (Phi) is 3.72. The summed E-state index contributed by atoms with van der Waals surface area (Å²) in [6, 6.07) is 12.7. The summed E-state index contributed by atoms with van der Waals surface area (Å²) in [5.74, 6) is 2.48. The molecule has 1 atom stereocenters. The molecule has 0 saturated carbocycles.